The van der Waals surface area contributed by atoms with Gasteiger partial charge in [0.25, 0.3) is 0 Å². The van der Waals surface area contributed by atoms with Gasteiger partial charge in [0.15, 0.2) is 9.84 Å². The molecule has 0 bridgehead atoms. The van der Waals surface area contributed by atoms with Gasteiger partial charge < -0.3 is 4.90 Å². The van der Waals surface area contributed by atoms with Crippen LogP contribution in [0.3, 0.4) is 0 Å². The van der Waals surface area contributed by atoms with Crippen LogP contribution < -0.4 is 0 Å². The zero-order valence-corrected chi connectivity index (χ0v) is 11.2. The van der Waals surface area contributed by atoms with E-state index < -0.39 is 14.0 Å². The predicted octanol–water partition coefficient (Wildman–Crippen LogP) is 1.56. The second-order valence-corrected chi connectivity index (χ2v) is 7.64. The molecule has 7 heteroatoms. The minimum atomic E-state index is -3.55. The second kappa shape index (κ2) is 6.07. The Morgan fingerprint density at radius 3 is 2.25 bits per heavy atom. The van der Waals surface area contributed by atoms with Crippen molar-refractivity contribution in [1.29, 1.82) is 0 Å². The van der Waals surface area contributed by atoms with Crippen LogP contribution in [0.25, 0.3) is 0 Å². The SMILES string of the molecule is O=C(CCS(=O)(=O)C(Cl)Cl)N1CCCCC1. The van der Waals surface area contributed by atoms with E-state index in [2.05, 4.69) is 0 Å². The zero-order valence-electron chi connectivity index (χ0n) is 8.86. The van der Waals surface area contributed by atoms with Crippen LogP contribution in [0.4, 0.5) is 0 Å². The fourth-order valence-electron chi connectivity index (χ4n) is 1.62. The molecule has 0 spiro atoms. The van der Waals surface area contributed by atoms with E-state index in [1.807, 2.05) is 0 Å². The molecule has 0 aromatic carbocycles. The van der Waals surface area contributed by atoms with Gasteiger partial charge in [0, 0.05) is 19.5 Å². The Labute approximate surface area is 106 Å². The van der Waals surface area contributed by atoms with E-state index >= 15 is 0 Å². The summed E-state index contributed by atoms with van der Waals surface area (Å²) in [6.45, 7) is 1.45. The molecule has 0 aromatic rings. The topological polar surface area (TPSA) is 54.5 Å². The predicted molar refractivity (Wildman–Crippen MR) is 64.3 cm³/mol. The maximum Gasteiger partial charge on any atom is 0.223 e. The van der Waals surface area contributed by atoms with Gasteiger partial charge in [-0.3, -0.25) is 4.79 Å². The lowest BCUT2D eigenvalue weighted by Crippen LogP contribution is -2.36. The molecule has 4 nitrogen and oxygen atoms in total. The van der Waals surface area contributed by atoms with Gasteiger partial charge >= 0.3 is 0 Å². The number of nitrogens with zero attached hydrogens (tertiary/aromatic N) is 1. The average Bonchev–Trinajstić information content (AvgIpc) is 2.27. The van der Waals surface area contributed by atoms with Crippen molar-refractivity contribution in [1.82, 2.24) is 4.90 Å². The Balaban J connectivity index is 2.40. The highest BCUT2D eigenvalue weighted by Gasteiger charge is 2.23. The van der Waals surface area contributed by atoms with Gasteiger partial charge in [0.1, 0.15) is 0 Å². The molecule has 1 aliphatic rings. The summed E-state index contributed by atoms with van der Waals surface area (Å²) in [5, 5.41) is 0. The Kier molecular flexibility index (Phi) is 5.34. The number of carbonyl (C=O) groups is 1. The van der Waals surface area contributed by atoms with E-state index in [0.717, 1.165) is 32.4 Å². The van der Waals surface area contributed by atoms with Crippen molar-refractivity contribution in [3.63, 3.8) is 0 Å². The molecule has 16 heavy (non-hydrogen) atoms. The smallest absolute Gasteiger partial charge is 0.223 e. The molecular weight excluding hydrogens is 273 g/mol. The lowest BCUT2D eigenvalue weighted by atomic mass is 10.1. The third-order valence-corrected chi connectivity index (χ3v) is 5.53. The molecule has 1 rings (SSSR count). The van der Waals surface area contributed by atoms with Crippen LogP contribution >= 0.6 is 23.2 Å². The van der Waals surface area contributed by atoms with Crippen molar-refractivity contribution >= 4 is 38.9 Å². The van der Waals surface area contributed by atoms with Crippen molar-refractivity contribution < 1.29 is 13.2 Å². The maximum atomic E-state index is 11.6. The van der Waals surface area contributed by atoms with Crippen molar-refractivity contribution in [3.8, 4) is 0 Å². The first-order valence-electron chi connectivity index (χ1n) is 5.21. The van der Waals surface area contributed by atoms with Crippen LogP contribution in [0, 0.1) is 0 Å². The normalized spacial score (nSPS) is 17.8. The van der Waals surface area contributed by atoms with Crippen LogP contribution in [0.2, 0.25) is 0 Å². The summed E-state index contributed by atoms with van der Waals surface area (Å²) in [6.07, 6.45) is 3.09. The van der Waals surface area contributed by atoms with Crippen molar-refractivity contribution in [2.24, 2.45) is 0 Å². The molecule has 0 saturated carbocycles. The Hall–Kier alpha value is -0.000000000000000111. The van der Waals surface area contributed by atoms with Crippen LogP contribution in [0.15, 0.2) is 0 Å². The first-order valence-corrected chi connectivity index (χ1v) is 7.80. The van der Waals surface area contributed by atoms with Crippen LogP contribution in [-0.4, -0.2) is 42.2 Å². The zero-order chi connectivity index (χ0) is 12.2. The summed E-state index contributed by atoms with van der Waals surface area (Å²) < 4.78 is 21.1. The van der Waals surface area contributed by atoms with E-state index in [-0.39, 0.29) is 18.1 Å². The minimum Gasteiger partial charge on any atom is -0.343 e. The molecule has 0 atom stereocenters. The summed E-state index contributed by atoms with van der Waals surface area (Å²) in [7, 11) is -3.55. The van der Waals surface area contributed by atoms with Gasteiger partial charge in [-0.25, -0.2) is 8.42 Å². The number of hydrogen-bond donors (Lipinski definition) is 0. The molecule has 1 heterocycles. The summed E-state index contributed by atoms with van der Waals surface area (Å²) in [4.78, 5) is 13.3. The Bertz CT molecular complexity index is 337. The van der Waals surface area contributed by atoms with Gasteiger partial charge in [-0.15, -0.1) is 0 Å². The molecule has 1 saturated heterocycles. The van der Waals surface area contributed by atoms with Gasteiger partial charge in [-0.05, 0) is 19.3 Å². The number of sulfone groups is 1. The van der Waals surface area contributed by atoms with Crippen molar-refractivity contribution in [2.75, 3.05) is 18.8 Å². The largest absolute Gasteiger partial charge is 0.343 e. The standard InChI is InChI=1S/C9H15Cl2NO3S/c10-9(11)16(14,15)7-4-8(13)12-5-2-1-3-6-12/h9H,1-7H2. The fraction of sp³-hybridized carbons (Fsp3) is 0.889. The van der Waals surface area contributed by atoms with E-state index in [4.69, 9.17) is 23.2 Å². The molecule has 0 unspecified atom stereocenters. The highest BCUT2D eigenvalue weighted by Crippen LogP contribution is 2.15. The molecular formula is C9H15Cl2NO3S. The number of likely N-dealkylation sites (tertiary alicyclic amines) is 1. The van der Waals surface area contributed by atoms with Crippen LogP contribution in [0.1, 0.15) is 25.7 Å². The summed E-state index contributed by atoms with van der Waals surface area (Å²) in [6, 6.07) is 0. The molecule has 0 aromatic heterocycles. The maximum absolute atomic E-state index is 11.6. The number of amides is 1. The number of carbonyl (C=O) groups excluding carboxylic acids is 1. The second-order valence-electron chi connectivity index (χ2n) is 3.82. The Morgan fingerprint density at radius 1 is 1.19 bits per heavy atom. The van der Waals surface area contributed by atoms with E-state index in [9.17, 15) is 13.2 Å². The van der Waals surface area contributed by atoms with Gasteiger partial charge in [0.05, 0.1) is 5.75 Å². The number of alkyl halides is 2. The number of piperidine rings is 1. The fourth-order valence-corrected chi connectivity index (χ4v) is 2.79. The van der Waals surface area contributed by atoms with Crippen LogP contribution in [-0.2, 0) is 14.6 Å². The molecule has 0 radical (unpaired) electrons. The van der Waals surface area contributed by atoms with Gasteiger partial charge in [0.2, 0.25) is 10.1 Å². The lowest BCUT2D eigenvalue weighted by Gasteiger charge is -2.26. The van der Waals surface area contributed by atoms with E-state index in [0.29, 0.717) is 0 Å². The summed E-state index contributed by atoms with van der Waals surface area (Å²) in [5.74, 6) is -0.405. The van der Waals surface area contributed by atoms with E-state index in [1.165, 1.54) is 0 Å². The molecule has 1 aliphatic heterocycles. The third kappa shape index (κ3) is 4.11. The number of halogens is 2. The third-order valence-electron chi connectivity index (χ3n) is 2.58. The number of hydrogen-bond acceptors (Lipinski definition) is 3. The Morgan fingerprint density at radius 2 is 1.75 bits per heavy atom. The summed E-state index contributed by atoms with van der Waals surface area (Å²) >= 11 is 10.6. The first-order chi connectivity index (χ1) is 7.43. The van der Waals surface area contributed by atoms with Gasteiger partial charge in [-0.2, -0.15) is 0 Å². The highest BCUT2D eigenvalue weighted by molar-refractivity contribution is 7.94. The van der Waals surface area contributed by atoms with Crippen molar-refractivity contribution in [2.45, 2.75) is 29.9 Å². The minimum absolute atomic E-state index is 0.0295. The summed E-state index contributed by atoms with van der Waals surface area (Å²) in [5.41, 5.74) is 0. The molecule has 0 N–H and O–H groups in total. The molecule has 94 valence electrons. The van der Waals surface area contributed by atoms with Gasteiger partial charge in [-0.1, -0.05) is 23.2 Å². The van der Waals surface area contributed by atoms with E-state index in [1.54, 1.807) is 4.90 Å². The molecule has 0 aliphatic carbocycles. The lowest BCUT2D eigenvalue weighted by molar-refractivity contribution is -0.131. The first kappa shape index (κ1) is 14.1. The quantitative estimate of drug-likeness (QED) is 0.738. The van der Waals surface area contributed by atoms with Crippen LogP contribution in [0.5, 0.6) is 0 Å². The monoisotopic (exact) mass is 287 g/mol. The van der Waals surface area contributed by atoms with Crippen molar-refractivity contribution in [3.05, 3.63) is 0 Å². The molecule has 1 fully saturated rings. The highest BCUT2D eigenvalue weighted by atomic mass is 35.5. The average molecular weight is 288 g/mol. The number of rotatable bonds is 4. The molecule has 1 amide bonds.